The average molecular weight is 499 g/mol. The maximum absolute atomic E-state index is 13.3. The van der Waals surface area contributed by atoms with E-state index in [0.717, 1.165) is 72.4 Å². The van der Waals surface area contributed by atoms with Gasteiger partial charge in [0, 0.05) is 49.6 Å². The molecule has 0 radical (unpaired) electrons. The number of nitrogens with zero attached hydrogens (tertiary/aromatic N) is 5. The number of nitrogens with two attached hydrogens (primary N) is 1. The van der Waals surface area contributed by atoms with Crippen molar-refractivity contribution in [2.75, 3.05) is 24.6 Å². The molecule has 1 spiro atoms. The Labute approximate surface area is 214 Å². The highest BCUT2D eigenvalue weighted by molar-refractivity contribution is 6.09. The lowest BCUT2D eigenvalue weighted by molar-refractivity contribution is -0.123. The number of carbonyl (C=O) groups excluding carboxylic acids is 1. The van der Waals surface area contributed by atoms with Crippen molar-refractivity contribution < 1.29 is 9.53 Å². The summed E-state index contributed by atoms with van der Waals surface area (Å²) in [7, 11) is 0. The van der Waals surface area contributed by atoms with E-state index in [0.29, 0.717) is 24.2 Å². The highest BCUT2D eigenvalue weighted by Gasteiger charge is 2.65. The van der Waals surface area contributed by atoms with Crippen molar-refractivity contribution >= 4 is 28.5 Å². The molecule has 3 unspecified atom stereocenters. The van der Waals surface area contributed by atoms with Gasteiger partial charge in [0.1, 0.15) is 11.6 Å². The van der Waals surface area contributed by atoms with Crippen LogP contribution in [0.5, 0.6) is 5.88 Å². The van der Waals surface area contributed by atoms with Gasteiger partial charge in [-0.05, 0) is 43.9 Å². The fourth-order valence-electron chi connectivity index (χ4n) is 6.80. The summed E-state index contributed by atoms with van der Waals surface area (Å²) in [6.07, 6.45) is 5.56. The molecule has 3 saturated heterocycles. The van der Waals surface area contributed by atoms with E-state index in [-0.39, 0.29) is 24.0 Å². The van der Waals surface area contributed by atoms with Crippen molar-refractivity contribution in [1.82, 2.24) is 24.8 Å². The molecular formula is C27H30N8O2. The molecule has 4 aliphatic heterocycles. The molecule has 6 heterocycles. The van der Waals surface area contributed by atoms with Gasteiger partial charge in [-0.15, -0.1) is 0 Å². The second-order valence-electron chi connectivity index (χ2n) is 11.3. The Morgan fingerprint density at radius 2 is 2.16 bits per heavy atom. The van der Waals surface area contributed by atoms with E-state index in [1.807, 2.05) is 18.5 Å². The first-order valence-electron chi connectivity index (χ1n) is 13.3. The molecular weight excluding hydrogens is 468 g/mol. The lowest BCUT2D eigenvalue weighted by Gasteiger charge is -2.22. The standard InChI is InChI=1S/C27H30N8O2/c1-14(16-9-23(28)30-11-16)37-25-24-20(31-13-34(24)17-3-4-17)10-19(32-25)15-2-5-18-21(8-15)35(29)26(36)27(18)6-7-33-12-22(27)33/h2,5,8,10,13-14,16-17,22H,3-4,6-7,9,11-12,29H2,1H3,(H2,28,30)/t14-,16-,22?,27?,33?/m1/s1. The fraction of sp³-hybridized carbons (Fsp3) is 0.481. The number of rotatable bonds is 5. The van der Waals surface area contributed by atoms with Crippen LogP contribution in [-0.2, 0) is 10.2 Å². The molecule has 1 aliphatic carbocycles. The summed E-state index contributed by atoms with van der Waals surface area (Å²) in [6, 6.07) is 8.84. The van der Waals surface area contributed by atoms with Gasteiger partial charge in [-0.2, -0.15) is 0 Å². The minimum atomic E-state index is -0.504. The number of piperidine rings is 1. The third-order valence-electron chi connectivity index (χ3n) is 9.18. The number of fused-ring (bicyclic) bond motifs is 5. The number of imidazole rings is 1. The van der Waals surface area contributed by atoms with Crippen molar-refractivity contribution in [1.29, 1.82) is 5.41 Å². The Hall–Kier alpha value is -3.50. The van der Waals surface area contributed by atoms with Gasteiger partial charge in [-0.25, -0.2) is 20.8 Å². The summed E-state index contributed by atoms with van der Waals surface area (Å²) in [5.74, 6) is 7.72. The molecule has 8 rings (SSSR count). The van der Waals surface area contributed by atoms with Gasteiger partial charge < -0.3 is 14.6 Å². The molecule has 1 aromatic carbocycles. The molecule has 5 aliphatic rings. The number of amidine groups is 1. The Kier molecular flexibility index (Phi) is 4.25. The summed E-state index contributed by atoms with van der Waals surface area (Å²) in [4.78, 5) is 25.4. The first-order valence-corrected chi connectivity index (χ1v) is 13.3. The number of hydrazine groups is 1. The molecule has 0 bridgehead atoms. The monoisotopic (exact) mass is 498 g/mol. The molecule has 10 heteroatoms. The number of hydrogen-bond acceptors (Lipinski definition) is 7. The van der Waals surface area contributed by atoms with E-state index in [9.17, 15) is 4.79 Å². The van der Waals surface area contributed by atoms with Crippen LogP contribution in [0, 0.1) is 11.3 Å². The van der Waals surface area contributed by atoms with Crippen LogP contribution in [0.3, 0.4) is 0 Å². The van der Waals surface area contributed by atoms with Crippen molar-refractivity contribution in [2.24, 2.45) is 11.8 Å². The van der Waals surface area contributed by atoms with Crippen molar-refractivity contribution in [3.8, 4) is 17.1 Å². The predicted octanol–water partition coefficient (Wildman–Crippen LogP) is 2.33. The zero-order chi connectivity index (χ0) is 25.1. The van der Waals surface area contributed by atoms with Crippen LogP contribution in [0.25, 0.3) is 22.3 Å². The van der Waals surface area contributed by atoms with Gasteiger partial charge in [0.2, 0.25) is 5.88 Å². The van der Waals surface area contributed by atoms with Crippen LogP contribution in [0.2, 0.25) is 0 Å². The third kappa shape index (κ3) is 2.99. The predicted molar refractivity (Wildman–Crippen MR) is 138 cm³/mol. The number of amides is 1. The number of pyridine rings is 1. The SMILES string of the molecule is C[C@@H](Oc1nc(-c2ccc3c(c2)N(N)C(=O)C32CCN3CC32)cc2ncn(C3CC3)c12)[C@H]1CNC(=N)C1. The van der Waals surface area contributed by atoms with E-state index in [1.54, 1.807) is 0 Å². The Morgan fingerprint density at radius 1 is 1.30 bits per heavy atom. The van der Waals surface area contributed by atoms with Crippen LogP contribution in [-0.4, -0.2) is 63.0 Å². The van der Waals surface area contributed by atoms with E-state index in [1.165, 1.54) is 5.01 Å². The van der Waals surface area contributed by atoms with Gasteiger partial charge in [-0.1, -0.05) is 12.1 Å². The van der Waals surface area contributed by atoms with E-state index in [4.69, 9.17) is 26.0 Å². The van der Waals surface area contributed by atoms with Crippen LogP contribution in [0.15, 0.2) is 30.6 Å². The second-order valence-corrected chi connectivity index (χ2v) is 11.3. The normalized spacial score (nSPS) is 30.6. The maximum Gasteiger partial charge on any atom is 0.253 e. The number of aromatic nitrogens is 3. The van der Waals surface area contributed by atoms with Gasteiger partial charge in [0.15, 0.2) is 0 Å². The summed E-state index contributed by atoms with van der Waals surface area (Å²) in [5, 5.41) is 12.4. The summed E-state index contributed by atoms with van der Waals surface area (Å²) >= 11 is 0. The van der Waals surface area contributed by atoms with Crippen LogP contribution >= 0.6 is 0 Å². The summed E-state index contributed by atoms with van der Waals surface area (Å²) in [5.41, 5.74) is 4.71. The molecule has 1 saturated carbocycles. The van der Waals surface area contributed by atoms with E-state index < -0.39 is 5.41 Å². The number of nitrogens with one attached hydrogen (secondary N) is 2. The quantitative estimate of drug-likeness (QED) is 0.280. The molecule has 37 heavy (non-hydrogen) atoms. The first kappa shape index (κ1) is 21.6. The fourth-order valence-corrected chi connectivity index (χ4v) is 6.80. The molecule has 4 fully saturated rings. The molecule has 10 nitrogen and oxygen atoms in total. The number of hydrogen-bond donors (Lipinski definition) is 3. The molecule has 5 atom stereocenters. The molecule has 190 valence electrons. The minimum absolute atomic E-state index is 0.00447. The van der Waals surface area contributed by atoms with Crippen LogP contribution in [0.1, 0.15) is 44.2 Å². The number of anilines is 1. The molecule has 1 amide bonds. The highest BCUT2D eigenvalue weighted by Crippen LogP contribution is 2.55. The van der Waals surface area contributed by atoms with Gasteiger partial charge in [-0.3, -0.25) is 15.1 Å². The van der Waals surface area contributed by atoms with E-state index in [2.05, 4.69) is 33.8 Å². The zero-order valence-corrected chi connectivity index (χ0v) is 20.8. The van der Waals surface area contributed by atoms with Crippen molar-refractivity contribution in [2.45, 2.75) is 56.2 Å². The van der Waals surface area contributed by atoms with Gasteiger partial charge in [0.05, 0.1) is 34.5 Å². The summed E-state index contributed by atoms with van der Waals surface area (Å²) < 4.78 is 8.71. The minimum Gasteiger partial charge on any atom is -0.473 e. The number of ether oxygens (including phenoxy) is 1. The first-order chi connectivity index (χ1) is 17.9. The van der Waals surface area contributed by atoms with Crippen molar-refractivity contribution in [3.05, 3.63) is 36.2 Å². The summed E-state index contributed by atoms with van der Waals surface area (Å²) in [6.45, 7) is 4.70. The van der Waals surface area contributed by atoms with Gasteiger partial charge in [0.25, 0.3) is 5.91 Å². The highest BCUT2D eigenvalue weighted by atomic mass is 16.5. The van der Waals surface area contributed by atoms with E-state index >= 15 is 0 Å². The topological polar surface area (TPSA) is 125 Å². The molecule has 4 N–H and O–H groups in total. The van der Waals surface area contributed by atoms with Crippen LogP contribution < -0.4 is 20.9 Å². The number of benzene rings is 1. The second kappa shape index (κ2) is 7.29. The molecule has 3 aromatic rings. The Morgan fingerprint density at radius 3 is 2.86 bits per heavy atom. The maximum atomic E-state index is 13.3. The molecule has 2 aromatic heterocycles. The lowest BCUT2D eigenvalue weighted by atomic mass is 9.77. The average Bonchev–Trinajstić information content (AvgIpc) is 3.75. The lowest BCUT2D eigenvalue weighted by Crippen LogP contribution is -2.46. The van der Waals surface area contributed by atoms with Gasteiger partial charge >= 0.3 is 0 Å². The largest absolute Gasteiger partial charge is 0.473 e. The Balaban J connectivity index is 1.21. The smallest absolute Gasteiger partial charge is 0.253 e. The van der Waals surface area contributed by atoms with Crippen molar-refractivity contribution in [3.63, 3.8) is 0 Å². The number of carbonyl (C=O) groups is 1. The zero-order valence-electron chi connectivity index (χ0n) is 20.8. The van der Waals surface area contributed by atoms with Crippen LogP contribution in [0.4, 0.5) is 5.69 Å². The third-order valence-corrected chi connectivity index (χ3v) is 9.18. The Bertz CT molecular complexity index is 1500.